The van der Waals surface area contributed by atoms with E-state index in [2.05, 4.69) is 25.6 Å². The van der Waals surface area contributed by atoms with Crippen molar-refractivity contribution in [1.29, 1.82) is 0 Å². The number of fused-ring (bicyclic) bond motifs is 1. The quantitative estimate of drug-likeness (QED) is 0.682. The highest BCUT2D eigenvalue weighted by atomic mass is 16.1. The van der Waals surface area contributed by atoms with Gasteiger partial charge in [0.05, 0.1) is 12.1 Å². The number of aromatic amines is 1. The van der Waals surface area contributed by atoms with Crippen molar-refractivity contribution >= 4 is 22.5 Å². The molecule has 0 bridgehead atoms. The number of benzene rings is 1. The van der Waals surface area contributed by atoms with Gasteiger partial charge in [-0.3, -0.25) is 4.79 Å². The van der Waals surface area contributed by atoms with Gasteiger partial charge in [-0.2, -0.15) is 0 Å². The first-order valence-corrected chi connectivity index (χ1v) is 6.61. The molecule has 1 amide bonds. The second-order valence-corrected chi connectivity index (χ2v) is 4.53. The largest absolute Gasteiger partial charge is 0.373 e. The third-order valence-electron chi connectivity index (χ3n) is 3.25. The Morgan fingerprint density at radius 3 is 2.76 bits per heavy atom. The number of hydrogen-bond donors (Lipinski definition) is 3. The van der Waals surface area contributed by atoms with Crippen LogP contribution in [0.25, 0.3) is 10.8 Å². The van der Waals surface area contributed by atoms with E-state index in [9.17, 15) is 4.79 Å². The van der Waals surface area contributed by atoms with Crippen LogP contribution in [0, 0.1) is 0 Å². The van der Waals surface area contributed by atoms with Gasteiger partial charge in [0.25, 0.3) is 5.91 Å². The fourth-order valence-corrected chi connectivity index (χ4v) is 2.23. The maximum absolute atomic E-state index is 12.3. The van der Waals surface area contributed by atoms with Crippen LogP contribution in [-0.4, -0.2) is 27.9 Å². The Balaban J connectivity index is 1.91. The molecule has 0 aliphatic rings. The summed E-state index contributed by atoms with van der Waals surface area (Å²) in [6.45, 7) is 0.355. The molecule has 2 heterocycles. The number of pyridine rings is 1. The summed E-state index contributed by atoms with van der Waals surface area (Å²) in [5, 5.41) is 7.66. The number of imidazole rings is 1. The number of rotatable bonds is 4. The van der Waals surface area contributed by atoms with Crippen molar-refractivity contribution < 1.29 is 4.79 Å². The van der Waals surface area contributed by atoms with Crippen LogP contribution < -0.4 is 10.6 Å². The molecule has 0 radical (unpaired) electrons. The Hall–Kier alpha value is -2.89. The molecular weight excluding hydrogens is 266 g/mol. The first kappa shape index (κ1) is 13.1. The summed E-state index contributed by atoms with van der Waals surface area (Å²) in [5.41, 5.74) is 0.552. The minimum Gasteiger partial charge on any atom is -0.373 e. The second kappa shape index (κ2) is 5.62. The van der Waals surface area contributed by atoms with E-state index in [-0.39, 0.29) is 5.91 Å². The first-order valence-electron chi connectivity index (χ1n) is 6.61. The van der Waals surface area contributed by atoms with Gasteiger partial charge in [-0.25, -0.2) is 9.97 Å². The van der Waals surface area contributed by atoms with E-state index in [1.165, 1.54) is 0 Å². The molecule has 3 N–H and O–H groups in total. The zero-order valence-corrected chi connectivity index (χ0v) is 11.6. The summed E-state index contributed by atoms with van der Waals surface area (Å²) < 4.78 is 0. The van der Waals surface area contributed by atoms with Crippen LogP contribution in [0.3, 0.4) is 0 Å². The minimum atomic E-state index is -0.169. The summed E-state index contributed by atoms with van der Waals surface area (Å²) in [7, 11) is 1.81. The van der Waals surface area contributed by atoms with Gasteiger partial charge in [0, 0.05) is 31.0 Å². The van der Waals surface area contributed by atoms with E-state index in [0.717, 1.165) is 16.6 Å². The summed E-state index contributed by atoms with van der Waals surface area (Å²) in [6.07, 6.45) is 4.96. The number of anilines is 1. The topological polar surface area (TPSA) is 82.7 Å². The lowest BCUT2D eigenvalue weighted by Crippen LogP contribution is -2.24. The Labute approximate surface area is 121 Å². The summed E-state index contributed by atoms with van der Waals surface area (Å²) in [6, 6.07) is 7.69. The zero-order valence-electron chi connectivity index (χ0n) is 11.6. The molecule has 3 aromatic rings. The maximum atomic E-state index is 12.3. The first-order chi connectivity index (χ1) is 10.3. The van der Waals surface area contributed by atoms with E-state index in [4.69, 9.17) is 0 Å². The van der Waals surface area contributed by atoms with Crippen molar-refractivity contribution in [2.45, 2.75) is 6.54 Å². The van der Waals surface area contributed by atoms with E-state index in [1.807, 2.05) is 31.3 Å². The van der Waals surface area contributed by atoms with E-state index < -0.39 is 0 Å². The van der Waals surface area contributed by atoms with Gasteiger partial charge < -0.3 is 15.6 Å². The van der Waals surface area contributed by atoms with Crippen molar-refractivity contribution in [3.63, 3.8) is 0 Å². The van der Waals surface area contributed by atoms with Crippen molar-refractivity contribution in [1.82, 2.24) is 20.3 Å². The fraction of sp³-hybridized carbons (Fsp3) is 0.133. The molecular formula is C15H15N5O. The van der Waals surface area contributed by atoms with Gasteiger partial charge in [-0.15, -0.1) is 0 Å². The smallest absolute Gasteiger partial charge is 0.253 e. The monoisotopic (exact) mass is 281 g/mol. The zero-order chi connectivity index (χ0) is 14.7. The molecule has 0 saturated heterocycles. The lowest BCUT2D eigenvalue weighted by Gasteiger charge is -2.10. The van der Waals surface area contributed by atoms with Crippen LogP contribution in [0.2, 0.25) is 0 Å². The Bertz CT molecular complexity index is 767. The van der Waals surface area contributed by atoms with Gasteiger partial charge in [-0.1, -0.05) is 24.3 Å². The second-order valence-electron chi connectivity index (χ2n) is 4.53. The molecule has 2 aromatic heterocycles. The SMILES string of the molecule is CNc1ncc(C(=O)NCc2ncc[nH]2)c2ccccc12. The van der Waals surface area contributed by atoms with E-state index >= 15 is 0 Å². The summed E-state index contributed by atoms with van der Waals surface area (Å²) >= 11 is 0. The van der Waals surface area contributed by atoms with Gasteiger partial charge >= 0.3 is 0 Å². The van der Waals surface area contributed by atoms with Crippen LogP contribution in [0.4, 0.5) is 5.82 Å². The molecule has 0 fully saturated rings. The number of carbonyl (C=O) groups excluding carboxylic acids is 1. The third-order valence-corrected chi connectivity index (χ3v) is 3.25. The Kier molecular flexibility index (Phi) is 3.51. The van der Waals surface area contributed by atoms with Crippen LogP contribution in [-0.2, 0) is 6.54 Å². The Morgan fingerprint density at radius 1 is 1.24 bits per heavy atom. The number of carbonyl (C=O) groups is 1. The lowest BCUT2D eigenvalue weighted by molar-refractivity contribution is 0.0951. The van der Waals surface area contributed by atoms with Crippen molar-refractivity contribution in [2.24, 2.45) is 0 Å². The molecule has 0 aliphatic carbocycles. The average Bonchev–Trinajstić information content (AvgIpc) is 3.05. The number of nitrogens with one attached hydrogen (secondary N) is 3. The molecule has 0 saturated carbocycles. The van der Waals surface area contributed by atoms with Gasteiger partial charge in [-0.05, 0) is 5.39 Å². The minimum absolute atomic E-state index is 0.169. The van der Waals surface area contributed by atoms with Crippen LogP contribution >= 0.6 is 0 Å². The molecule has 0 aliphatic heterocycles. The molecule has 0 atom stereocenters. The van der Waals surface area contributed by atoms with Crippen molar-refractivity contribution in [2.75, 3.05) is 12.4 Å². The van der Waals surface area contributed by atoms with Crippen molar-refractivity contribution in [3.05, 3.63) is 54.2 Å². The Morgan fingerprint density at radius 2 is 2.05 bits per heavy atom. The van der Waals surface area contributed by atoms with Gasteiger partial charge in [0.15, 0.2) is 0 Å². The highest BCUT2D eigenvalue weighted by molar-refractivity contribution is 6.09. The molecule has 6 nitrogen and oxygen atoms in total. The number of aromatic nitrogens is 3. The predicted octanol–water partition coefficient (Wildman–Crippen LogP) is 1.93. The standard InChI is InChI=1S/C15H15N5O/c1-16-14-11-5-3-2-4-10(11)12(8-19-14)15(21)20-9-13-17-6-7-18-13/h2-8H,9H2,1H3,(H,16,19)(H,17,18)(H,20,21). The molecule has 0 spiro atoms. The van der Waals surface area contributed by atoms with Gasteiger partial charge in [0.2, 0.25) is 0 Å². The van der Waals surface area contributed by atoms with E-state index in [0.29, 0.717) is 17.9 Å². The summed E-state index contributed by atoms with van der Waals surface area (Å²) in [5.74, 6) is 1.30. The maximum Gasteiger partial charge on any atom is 0.253 e. The molecule has 106 valence electrons. The van der Waals surface area contributed by atoms with Crippen LogP contribution in [0.5, 0.6) is 0 Å². The molecule has 1 aromatic carbocycles. The van der Waals surface area contributed by atoms with Gasteiger partial charge in [0.1, 0.15) is 11.6 Å². The highest BCUT2D eigenvalue weighted by Gasteiger charge is 2.13. The predicted molar refractivity (Wildman–Crippen MR) is 81.0 cm³/mol. The van der Waals surface area contributed by atoms with Crippen LogP contribution in [0.15, 0.2) is 42.9 Å². The van der Waals surface area contributed by atoms with Crippen LogP contribution in [0.1, 0.15) is 16.2 Å². The molecule has 6 heteroatoms. The number of amides is 1. The normalized spacial score (nSPS) is 10.5. The van der Waals surface area contributed by atoms with E-state index in [1.54, 1.807) is 18.6 Å². The summed E-state index contributed by atoms with van der Waals surface area (Å²) in [4.78, 5) is 23.7. The molecule has 21 heavy (non-hydrogen) atoms. The third kappa shape index (κ3) is 2.55. The number of H-pyrrole nitrogens is 1. The highest BCUT2D eigenvalue weighted by Crippen LogP contribution is 2.23. The number of nitrogens with zero attached hydrogens (tertiary/aromatic N) is 2. The van der Waals surface area contributed by atoms with Crippen molar-refractivity contribution in [3.8, 4) is 0 Å². The molecule has 3 rings (SSSR count). The lowest BCUT2D eigenvalue weighted by atomic mass is 10.1. The fourth-order valence-electron chi connectivity index (χ4n) is 2.23. The molecule has 0 unspecified atom stereocenters. The average molecular weight is 281 g/mol. The number of hydrogen-bond acceptors (Lipinski definition) is 4.